The maximum atomic E-state index is 3.92. The van der Waals surface area contributed by atoms with Crippen LogP contribution in [0.1, 0.15) is 58.8 Å². The lowest BCUT2D eigenvalue weighted by molar-refractivity contribution is 0.159. The molecule has 0 bridgehead atoms. The van der Waals surface area contributed by atoms with Gasteiger partial charge in [-0.15, -0.1) is 0 Å². The fraction of sp³-hybridized carbons (Fsp3) is 1.00. The van der Waals surface area contributed by atoms with E-state index in [9.17, 15) is 0 Å². The summed E-state index contributed by atoms with van der Waals surface area (Å²) in [4.78, 5) is 2.72. The van der Waals surface area contributed by atoms with Crippen molar-refractivity contribution in [3.8, 4) is 0 Å². The van der Waals surface area contributed by atoms with E-state index in [1.54, 1.807) is 0 Å². The summed E-state index contributed by atoms with van der Waals surface area (Å²) in [5.41, 5.74) is 0.454. The van der Waals surface area contributed by atoms with Crippen LogP contribution in [0.15, 0.2) is 0 Å². The van der Waals surface area contributed by atoms with Gasteiger partial charge in [-0.1, -0.05) is 12.8 Å². The standard InChI is InChI=1S/C15H28N2/c1-15(2)8-5-9-17(15)11-13-10-12-6-3-4-7-14(12)16-13/h12-14,16H,3-11H2,1-2H3. The third kappa shape index (κ3) is 2.39. The van der Waals surface area contributed by atoms with Crippen LogP contribution in [-0.2, 0) is 0 Å². The topological polar surface area (TPSA) is 15.3 Å². The minimum absolute atomic E-state index is 0.454. The van der Waals surface area contributed by atoms with Crippen molar-refractivity contribution in [2.24, 2.45) is 5.92 Å². The highest BCUT2D eigenvalue weighted by Gasteiger charge is 2.39. The molecule has 0 aromatic carbocycles. The van der Waals surface area contributed by atoms with Gasteiger partial charge >= 0.3 is 0 Å². The highest BCUT2D eigenvalue weighted by Crippen LogP contribution is 2.35. The van der Waals surface area contributed by atoms with E-state index in [4.69, 9.17) is 0 Å². The van der Waals surface area contributed by atoms with Crippen LogP contribution in [0.3, 0.4) is 0 Å². The van der Waals surface area contributed by atoms with E-state index in [2.05, 4.69) is 24.1 Å². The lowest BCUT2D eigenvalue weighted by atomic mass is 9.85. The van der Waals surface area contributed by atoms with Gasteiger partial charge in [0.1, 0.15) is 0 Å². The van der Waals surface area contributed by atoms with E-state index < -0.39 is 0 Å². The Morgan fingerprint density at radius 3 is 2.71 bits per heavy atom. The van der Waals surface area contributed by atoms with Gasteiger partial charge < -0.3 is 5.32 Å². The Morgan fingerprint density at radius 2 is 2.00 bits per heavy atom. The molecule has 0 radical (unpaired) electrons. The molecule has 1 aliphatic carbocycles. The molecule has 2 saturated heterocycles. The van der Waals surface area contributed by atoms with Crippen molar-refractivity contribution in [1.82, 2.24) is 10.2 Å². The minimum atomic E-state index is 0.454. The molecule has 2 aliphatic heterocycles. The lowest BCUT2D eigenvalue weighted by Crippen LogP contribution is -2.46. The summed E-state index contributed by atoms with van der Waals surface area (Å²) < 4.78 is 0. The first kappa shape index (κ1) is 12.0. The molecular weight excluding hydrogens is 208 g/mol. The Labute approximate surface area is 106 Å². The number of rotatable bonds is 2. The third-order valence-electron chi connectivity index (χ3n) is 5.46. The molecule has 3 rings (SSSR count). The SMILES string of the molecule is CC1(C)CCCN1CC1CC2CCCCC2N1. The fourth-order valence-corrected chi connectivity index (χ4v) is 4.34. The molecule has 17 heavy (non-hydrogen) atoms. The molecule has 0 aromatic heterocycles. The van der Waals surface area contributed by atoms with Crippen molar-refractivity contribution < 1.29 is 0 Å². The summed E-state index contributed by atoms with van der Waals surface area (Å²) in [5, 5.41) is 3.92. The van der Waals surface area contributed by atoms with Gasteiger partial charge in [0.15, 0.2) is 0 Å². The average molecular weight is 236 g/mol. The molecule has 1 saturated carbocycles. The summed E-state index contributed by atoms with van der Waals surface area (Å²) in [6, 6.07) is 1.64. The zero-order chi connectivity index (χ0) is 11.9. The normalized spacial score (nSPS) is 41.6. The molecule has 2 heteroatoms. The van der Waals surface area contributed by atoms with Gasteiger partial charge in [-0.05, 0) is 58.4 Å². The number of nitrogens with zero attached hydrogens (tertiary/aromatic N) is 1. The van der Waals surface area contributed by atoms with Gasteiger partial charge in [-0.25, -0.2) is 0 Å². The van der Waals surface area contributed by atoms with Gasteiger partial charge in [0.25, 0.3) is 0 Å². The molecule has 3 unspecified atom stereocenters. The molecule has 0 aromatic rings. The highest BCUT2D eigenvalue weighted by molar-refractivity contribution is 4.97. The van der Waals surface area contributed by atoms with Crippen molar-refractivity contribution in [1.29, 1.82) is 0 Å². The summed E-state index contributed by atoms with van der Waals surface area (Å²) in [7, 11) is 0. The molecular formula is C15H28N2. The Bertz CT molecular complexity index is 260. The van der Waals surface area contributed by atoms with Gasteiger partial charge in [0.05, 0.1) is 0 Å². The predicted molar refractivity (Wildman–Crippen MR) is 72.2 cm³/mol. The second-order valence-electron chi connectivity index (χ2n) is 7.11. The Hall–Kier alpha value is -0.0800. The van der Waals surface area contributed by atoms with E-state index in [0.29, 0.717) is 5.54 Å². The van der Waals surface area contributed by atoms with Crippen LogP contribution in [0.4, 0.5) is 0 Å². The molecule has 2 heterocycles. The maximum absolute atomic E-state index is 3.92. The van der Waals surface area contributed by atoms with E-state index in [-0.39, 0.29) is 0 Å². The minimum Gasteiger partial charge on any atom is -0.310 e. The van der Waals surface area contributed by atoms with Gasteiger partial charge in [-0.3, -0.25) is 4.90 Å². The van der Waals surface area contributed by atoms with E-state index in [1.165, 1.54) is 58.0 Å². The first-order chi connectivity index (χ1) is 8.15. The van der Waals surface area contributed by atoms with Crippen molar-refractivity contribution in [3.63, 3.8) is 0 Å². The monoisotopic (exact) mass is 236 g/mol. The zero-order valence-electron chi connectivity index (χ0n) is 11.5. The molecule has 0 spiro atoms. The third-order valence-corrected chi connectivity index (χ3v) is 5.46. The Balaban J connectivity index is 1.56. The number of fused-ring (bicyclic) bond motifs is 1. The second-order valence-corrected chi connectivity index (χ2v) is 7.11. The Kier molecular flexibility index (Phi) is 3.20. The molecule has 3 aliphatic rings. The second kappa shape index (κ2) is 4.55. The van der Waals surface area contributed by atoms with Crippen molar-refractivity contribution in [2.45, 2.75) is 76.4 Å². The summed E-state index contributed by atoms with van der Waals surface area (Å²) in [6.45, 7) is 7.45. The first-order valence-corrected chi connectivity index (χ1v) is 7.66. The largest absolute Gasteiger partial charge is 0.310 e. The summed E-state index contributed by atoms with van der Waals surface area (Å²) >= 11 is 0. The lowest BCUT2D eigenvalue weighted by Gasteiger charge is -2.33. The summed E-state index contributed by atoms with van der Waals surface area (Å²) in [5.74, 6) is 1.000. The van der Waals surface area contributed by atoms with E-state index >= 15 is 0 Å². The number of hydrogen-bond acceptors (Lipinski definition) is 2. The molecule has 3 fully saturated rings. The molecule has 2 nitrogen and oxygen atoms in total. The van der Waals surface area contributed by atoms with E-state index in [1.807, 2.05) is 0 Å². The van der Waals surface area contributed by atoms with Crippen LogP contribution >= 0.6 is 0 Å². The quantitative estimate of drug-likeness (QED) is 0.793. The average Bonchev–Trinajstić information content (AvgIpc) is 2.82. The van der Waals surface area contributed by atoms with Crippen molar-refractivity contribution >= 4 is 0 Å². The fourth-order valence-electron chi connectivity index (χ4n) is 4.34. The summed E-state index contributed by atoms with van der Waals surface area (Å²) in [6.07, 6.45) is 10.1. The molecule has 0 amide bonds. The molecule has 98 valence electrons. The van der Waals surface area contributed by atoms with Crippen molar-refractivity contribution in [3.05, 3.63) is 0 Å². The van der Waals surface area contributed by atoms with Gasteiger partial charge in [0, 0.05) is 24.2 Å². The number of likely N-dealkylation sites (tertiary alicyclic amines) is 1. The maximum Gasteiger partial charge on any atom is 0.0201 e. The van der Waals surface area contributed by atoms with Gasteiger partial charge in [0.2, 0.25) is 0 Å². The van der Waals surface area contributed by atoms with Gasteiger partial charge in [-0.2, -0.15) is 0 Å². The predicted octanol–water partition coefficient (Wildman–Crippen LogP) is 2.78. The first-order valence-electron chi connectivity index (χ1n) is 7.66. The van der Waals surface area contributed by atoms with Crippen LogP contribution in [-0.4, -0.2) is 35.6 Å². The van der Waals surface area contributed by atoms with Crippen LogP contribution in [0, 0.1) is 5.92 Å². The van der Waals surface area contributed by atoms with Crippen LogP contribution in [0.5, 0.6) is 0 Å². The van der Waals surface area contributed by atoms with Crippen LogP contribution in [0.2, 0.25) is 0 Å². The van der Waals surface area contributed by atoms with E-state index in [0.717, 1.165) is 18.0 Å². The molecule has 3 atom stereocenters. The zero-order valence-corrected chi connectivity index (χ0v) is 11.5. The smallest absolute Gasteiger partial charge is 0.0201 e. The van der Waals surface area contributed by atoms with Crippen molar-refractivity contribution in [2.75, 3.05) is 13.1 Å². The van der Waals surface area contributed by atoms with Crippen LogP contribution in [0.25, 0.3) is 0 Å². The molecule has 1 N–H and O–H groups in total. The number of nitrogens with one attached hydrogen (secondary N) is 1. The number of hydrogen-bond donors (Lipinski definition) is 1. The van der Waals surface area contributed by atoms with Crippen LogP contribution < -0.4 is 5.32 Å². The highest BCUT2D eigenvalue weighted by atomic mass is 15.2. The Morgan fingerprint density at radius 1 is 1.18 bits per heavy atom.